The third kappa shape index (κ3) is 8.19. The highest BCUT2D eigenvalue weighted by Crippen LogP contribution is 2.09. The van der Waals surface area contributed by atoms with Crippen LogP contribution in [-0.4, -0.2) is 57.8 Å². The molecule has 20 heavy (non-hydrogen) atoms. The first-order chi connectivity index (χ1) is 9.53. The summed E-state index contributed by atoms with van der Waals surface area (Å²) < 4.78 is 26.7. The van der Waals surface area contributed by atoms with E-state index in [1.54, 1.807) is 0 Å². The molecule has 0 aromatic carbocycles. The third-order valence-electron chi connectivity index (χ3n) is 3.63. The van der Waals surface area contributed by atoms with Gasteiger partial charge in [-0.1, -0.05) is 13.3 Å². The molecule has 1 rings (SSSR count). The maximum Gasteiger partial charge on any atom is 0.211 e. The van der Waals surface area contributed by atoms with Crippen molar-refractivity contribution in [1.29, 1.82) is 0 Å². The van der Waals surface area contributed by atoms with Crippen LogP contribution < -0.4 is 10.0 Å². The summed E-state index contributed by atoms with van der Waals surface area (Å²) in [6.07, 6.45) is 5.42. The smallest absolute Gasteiger partial charge is 0.211 e. The lowest BCUT2D eigenvalue weighted by Gasteiger charge is -2.29. The molecule has 0 aromatic heterocycles. The fourth-order valence-electron chi connectivity index (χ4n) is 2.65. The van der Waals surface area contributed by atoms with Crippen molar-refractivity contribution in [3.63, 3.8) is 0 Å². The molecule has 1 aliphatic heterocycles. The molecule has 1 aliphatic rings. The third-order valence-corrected chi connectivity index (χ3v) is 5.22. The van der Waals surface area contributed by atoms with Gasteiger partial charge in [0.1, 0.15) is 0 Å². The maximum absolute atomic E-state index is 12.0. The Morgan fingerprint density at radius 3 is 2.50 bits per heavy atom. The van der Waals surface area contributed by atoms with E-state index in [4.69, 9.17) is 0 Å². The zero-order valence-electron chi connectivity index (χ0n) is 13.0. The SMILES string of the molecule is CCNCCCCS(=O)(=O)NC(C)CN1CCCCC1. The molecule has 1 fully saturated rings. The lowest BCUT2D eigenvalue weighted by Crippen LogP contribution is -2.44. The van der Waals surface area contributed by atoms with E-state index in [9.17, 15) is 8.42 Å². The van der Waals surface area contributed by atoms with Gasteiger partial charge < -0.3 is 10.2 Å². The Kier molecular flexibility index (Phi) is 8.68. The molecule has 0 saturated carbocycles. The summed E-state index contributed by atoms with van der Waals surface area (Å²) in [4.78, 5) is 2.36. The van der Waals surface area contributed by atoms with Crippen LogP contribution in [-0.2, 0) is 10.0 Å². The first kappa shape index (κ1) is 17.9. The summed E-state index contributed by atoms with van der Waals surface area (Å²) in [5.74, 6) is 0.239. The Labute approximate surface area is 124 Å². The Balaban J connectivity index is 2.19. The molecular formula is C14H31N3O2S. The van der Waals surface area contributed by atoms with Gasteiger partial charge in [0, 0.05) is 12.6 Å². The van der Waals surface area contributed by atoms with Crippen molar-refractivity contribution in [2.75, 3.05) is 38.5 Å². The molecule has 0 amide bonds. The quantitative estimate of drug-likeness (QED) is 0.595. The van der Waals surface area contributed by atoms with Crippen LogP contribution in [0.25, 0.3) is 0 Å². The average molecular weight is 305 g/mol. The summed E-state index contributed by atoms with van der Waals surface area (Å²) in [5.41, 5.74) is 0. The minimum atomic E-state index is -3.12. The summed E-state index contributed by atoms with van der Waals surface area (Å²) in [5, 5.41) is 3.21. The number of hydrogen-bond donors (Lipinski definition) is 2. The Bertz CT molecular complexity index is 340. The van der Waals surface area contributed by atoms with Crippen molar-refractivity contribution in [2.24, 2.45) is 0 Å². The van der Waals surface area contributed by atoms with E-state index in [1.807, 2.05) is 6.92 Å². The molecule has 1 saturated heterocycles. The topological polar surface area (TPSA) is 61.4 Å². The van der Waals surface area contributed by atoms with Gasteiger partial charge in [-0.15, -0.1) is 0 Å². The summed E-state index contributed by atoms with van der Waals surface area (Å²) in [6, 6.07) is 0.00636. The van der Waals surface area contributed by atoms with Gasteiger partial charge in [-0.2, -0.15) is 0 Å². The summed E-state index contributed by atoms with van der Waals surface area (Å²) >= 11 is 0. The van der Waals surface area contributed by atoms with Gasteiger partial charge in [-0.05, 0) is 58.8 Å². The lowest BCUT2D eigenvalue weighted by molar-refractivity contribution is 0.215. The predicted molar refractivity (Wildman–Crippen MR) is 84.5 cm³/mol. The second kappa shape index (κ2) is 9.71. The van der Waals surface area contributed by atoms with Gasteiger partial charge in [-0.25, -0.2) is 13.1 Å². The van der Waals surface area contributed by atoms with Crippen molar-refractivity contribution < 1.29 is 8.42 Å². The van der Waals surface area contributed by atoms with Crippen LogP contribution in [0.1, 0.15) is 46.0 Å². The minimum absolute atomic E-state index is 0.00636. The van der Waals surface area contributed by atoms with E-state index in [1.165, 1.54) is 19.3 Å². The Hall–Kier alpha value is -0.170. The van der Waals surface area contributed by atoms with Gasteiger partial charge in [0.05, 0.1) is 5.75 Å². The second-order valence-corrected chi connectivity index (χ2v) is 7.63. The van der Waals surface area contributed by atoms with Crippen LogP contribution >= 0.6 is 0 Å². The summed E-state index contributed by atoms with van der Waals surface area (Å²) in [7, 11) is -3.12. The van der Waals surface area contributed by atoms with Crippen LogP contribution in [0.15, 0.2) is 0 Å². The molecule has 5 nitrogen and oxygen atoms in total. The first-order valence-electron chi connectivity index (χ1n) is 7.96. The van der Waals surface area contributed by atoms with E-state index in [0.29, 0.717) is 0 Å². The molecule has 1 atom stereocenters. The van der Waals surface area contributed by atoms with Gasteiger partial charge in [0.25, 0.3) is 0 Å². The van der Waals surface area contributed by atoms with Crippen molar-refractivity contribution >= 4 is 10.0 Å². The van der Waals surface area contributed by atoms with E-state index >= 15 is 0 Å². The number of likely N-dealkylation sites (tertiary alicyclic amines) is 1. The maximum atomic E-state index is 12.0. The van der Waals surface area contributed by atoms with Crippen LogP contribution in [0, 0.1) is 0 Å². The van der Waals surface area contributed by atoms with Crippen LogP contribution in [0.4, 0.5) is 0 Å². The van der Waals surface area contributed by atoms with Crippen LogP contribution in [0.3, 0.4) is 0 Å². The molecule has 120 valence electrons. The fraction of sp³-hybridized carbons (Fsp3) is 1.00. The number of rotatable bonds is 10. The normalized spacial score (nSPS) is 19.1. The van der Waals surface area contributed by atoms with E-state index in [0.717, 1.165) is 45.6 Å². The predicted octanol–water partition coefficient (Wildman–Crippen LogP) is 1.17. The minimum Gasteiger partial charge on any atom is -0.317 e. The highest BCUT2D eigenvalue weighted by atomic mass is 32.2. The molecule has 0 aromatic rings. The molecule has 0 aliphatic carbocycles. The molecule has 2 N–H and O–H groups in total. The monoisotopic (exact) mass is 305 g/mol. The molecule has 0 radical (unpaired) electrons. The second-order valence-electron chi connectivity index (χ2n) is 5.76. The van der Waals surface area contributed by atoms with E-state index in [2.05, 4.69) is 21.9 Å². The molecule has 0 bridgehead atoms. The van der Waals surface area contributed by atoms with Gasteiger partial charge >= 0.3 is 0 Å². The highest BCUT2D eigenvalue weighted by molar-refractivity contribution is 7.89. The molecule has 0 spiro atoms. The average Bonchev–Trinajstić information content (AvgIpc) is 2.38. The number of sulfonamides is 1. The van der Waals surface area contributed by atoms with Crippen molar-refractivity contribution in [2.45, 2.75) is 52.0 Å². The number of piperidine rings is 1. The van der Waals surface area contributed by atoms with Gasteiger partial charge in [0.15, 0.2) is 0 Å². The number of unbranched alkanes of at least 4 members (excludes halogenated alkanes) is 1. The molecule has 6 heteroatoms. The zero-order valence-corrected chi connectivity index (χ0v) is 13.8. The van der Waals surface area contributed by atoms with Crippen LogP contribution in [0.2, 0.25) is 0 Å². The lowest BCUT2D eigenvalue weighted by atomic mass is 10.1. The standard InChI is InChI=1S/C14H31N3O2S/c1-3-15-9-5-8-12-20(18,19)16-14(2)13-17-10-6-4-7-11-17/h14-16H,3-13H2,1-2H3. The fourth-order valence-corrected chi connectivity index (χ4v) is 4.04. The van der Waals surface area contributed by atoms with Gasteiger partial charge in [0.2, 0.25) is 10.0 Å². The first-order valence-corrected chi connectivity index (χ1v) is 9.62. The van der Waals surface area contributed by atoms with Crippen molar-refractivity contribution in [3.05, 3.63) is 0 Å². The van der Waals surface area contributed by atoms with Gasteiger partial charge in [-0.3, -0.25) is 0 Å². The Morgan fingerprint density at radius 2 is 1.85 bits per heavy atom. The number of hydrogen-bond acceptors (Lipinski definition) is 4. The Morgan fingerprint density at radius 1 is 1.15 bits per heavy atom. The number of nitrogens with one attached hydrogen (secondary N) is 2. The van der Waals surface area contributed by atoms with Crippen molar-refractivity contribution in [3.8, 4) is 0 Å². The van der Waals surface area contributed by atoms with E-state index < -0.39 is 10.0 Å². The number of nitrogens with zero attached hydrogens (tertiary/aromatic N) is 1. The summed E-state index contributed by atoms with van der Waals surface area (Å²) in [6.45, 7) is 8.90. The molecule has 1 heterocycles. The highest BCUT2D eigenvalue weighted by Gasteiger charge is 2.18. The van der Waals surface area contributed by atoms with Crippen LogP contribution in [0.5, 0.6) is 0 Å². The molecule has 1 unspecified atom stereocenters. The van der Waals surface area contributed by atoms with E-state index in [-0.39, 0.29) is 11.8 Å². The van der Waals surface area contributed by atoms with Crippen molar-refractivity contribution in [1.82, 2.24) is 14.9 Å². The molecular weight excluding hydrogens is 274 g/mol. The zero-order chi connectivity index (χ0) is 14.8. The largest absolute Gasteiger partial charge is 0.317 e.